The molecule has 0 spiro atoms. The van der Waals surface area contributed by atoms with Gasteiger partial charge in [-0.25, -0.2) is 8.42 Å². The fourth-order valence-corrected chi connectivity index (χ4v) is 6.09. The van der Waals surface area contributed by atoms with Crippen molar-refractivity contribution in [3.8, 4) is 11.1 Å². The summed E-state index contributed by atoms with van der Waals surface area (Å²) in [5.74, 6) is -0.0698. The second kappa shape index (κ2) is 8.57. The van der Waals surface area contributed by atoms with Gasteiger partial charge in [0.05, 0.1) is 4.90 Å². The van der Waals surface area contributed by atoms with E-state index in [1.807, 2.05) is 30.3 Å². The maximum Gasteiger partial charge on any atom is 0.251 e. The molecule has 2 aliphatic rings. The van der Waals surface area contributed by atoms with Gasteiger partial charge in [-0.1, -0.05) is 48.5 Å². The normalized spacial score (nSPS) is 16.3. The summed E-state index contributed by atoms with van der Waals surface area (Å²) < 4.78 is 27.1. The van der Waals surface area contributed by atoms with Crippen LogP contribution in [0.3, 0.4) is 0 Å². The van der Waals surface area contributed by atoms with E-state index < -0.39 is 10.0 Å². The van der Waals surface area contributed by atoms with Gasteiger partial charge in [-0.15, -0.1) is 0 Å². The monoisotopic (exact) mass is 460 g/mol. The van der Waals surface area contributed by atoms with E-state index in [9.17, 15) is 18.0 Å². The number of nitrogens with one attached hydrogen (secondary N) is 1. The van der Waals surface area contributed by atoms with Crippen LogP contribution in [0, 0.1) is 5.92 Å². The zero-order chi connectivity index (χ0) is 23.0. The molecule has 1 aliphatic carbocycles. The second-order valence-electron chi connectivity index (χ2n) is 8.51. The number of ketones is 1. The molecule has 5 rings (SSSR count). The van der Waals surface area contributed by atoms with Crippen molar-refractivity contribution in [2.45, 2.75) is 17.7 Å². The largest absolute Gasteiger partial charge is 0.352 e. The van der Waals surface area contributed by atoms with Gasteiger partial charge in [0, 0.05) is 36.3 Å². The highest BCUT2D eigenvalue weighted by molar-refractivity contribution is 7.89. The van der Waals surface area contributed by atoms with Gasteiger partial charge in [-0.2, -0.15) is 4.31 Å². The van der Waals surface area contributed by atoms with Crippen LogP contribution in [-0.4, -0.2) is 44.0 Å². The smallest absolute Gasteiger partial charge is 0.251 e. The molecule has 1 heterocycles. The SMILES string of the molecule is O=C(NCC1CCN(S(=O)(=O)c2ccccc2)CC1)c1ccc2c(c1)C(=O)c1ccccc1-2. The predicted molar refractivity (Wildman–Crippen MR) is 126 cm³/mol. The quantitative estimate of drug-likeness (QED) is 0.492. The van der Waals surface area contributed by atoms with Gasteiger partial charge in [-0.3, -0.25) is 9.59 Å². The number of hydrogen-bond donors (Lipinski definition) is 1. The molecule has 0 atom stereocenters. The first-order valence-electron chi connectivity index (χ1n) is 11.1. The third-order valence-electron chi connectivity index (χ3n) is 6.49. The highest BCUT2D eigenvalue weighted by Gasteiger charge is 2.30. The molecule has 0 aromatic heterocycles. The molecular formula is C26H24N2O4S. The Balaban J connectivity index is 1.19. The minimum absolute atomic E-state index is 0.0535. The van der Waals surface area contributed by atoms with E-state index in [0.29, 0.717) is 54.1 Å². The summed E-state index contributed by atoms with van der Waals surface area (Å²) in [4.78, 5) is 25.8. The van der Waals surface area contributed by atoms with Crippen LogP contribution in [0.1, 0.15) is 39.1 Å². The number of sulfonamides is 1. The van der Waals surface area contributed by atoms with Gasteiger partial charge in [0.2, 0.25) is 10.0 Å². The van der Waals surface area contributed by atoms with Crippen molar-refractivity contribution in [2.24, 2.45) is 5.92 Å². The van der Waals surface area contributed by atoms with Crippen molar-refractivity contribution in [1.82, 2.24) is 9.62 Å². The van der Waals surface area contributed by atoms with Crippen LogP contribution >= 0.6 is 0 Å². The maximum atomic E-state index is 12.8. The molecule has 168 valence electrons. The molecule has 0 saturated carbocycles. The first-order chi connectivity index (χ1) is 15.9. The molecule has 6 nitrogen and oxygen atoms in total. The number of hydrogen-bond acceptors (Lipinski definition) is 4. The van der Waals surface area contributed by atoms with Crippen molar-refractivity contribution in [3.05, 3.63) is 89.5 Å². The van der Waals surface area contributed by atoms with E-state index in [1.54, 1.807) is 42.5 Å². The number of fused-ring (bicyclic) bond motifs is 3. The molecule has 33 heavy (non-hydrogen) atoms. The summed E-state index contributed by atoms with van der Waals surface area (Å²) in [5.41, 5.74) is 3.45. The Morgan fingerprint density at radius 1 is 0.848 bits per heavy atom. The average Bonchev–Trinajstić information content (AvgIpc) is 3.15. The Morgan fingerprint density at radius 3 is 2.21 bits per heavy atom. The van der Waals surface area contributed by atoms with Crippen molar-refractivity contribution in [3.63, 3.8) is 0 Å². The Labute approximate surface area is 193 Å². The summed E-state index contributed by atoms with van der Waals surface area (Å²) in [6.07, 6.45) is 1.37. The third kappa shape index (κ3) is 3.98. The van der Waals surface area contributed by atoms with Crippen LogP contribution in [0.15, 0.2) is 77.7 Å². The number of rotatable bonds is 5. The van der Waals surface area contributed by atoms with Gasteiger partial charge in [0.15, 0.2) is 5.78 Å². The van der Waals surface area contributed by atoms with Gasteiger partial charge in [-0.05, 0) is 54.2 Å². The lowest BCUT2D eigenvalue weighted by Crippen LogP contribution is -2.41. The van der Waals surface area contributed by atoms with Gasteiger partial charge >= 0.3 is 0 Å². The third-order valence-corrected chi connectivity index (χ3v) is 8.41. The first kappa shape index (κ1) is 21.6. The highest BCUT2D eigenvalue weighted by Crippen LogP contribution is 2.36. The Morgan fingerprint density at radius 2 is 1.48 bits per heavy atom. The van der Waals surface area contributed by atoms with E-state index in [-0.39, 0.29) is 17.6 Å². The van der Waals surface area contributed by atoms with Crippen molar-refractivity contribution >= 4 is 21.7 Å². The summed E-state index contributed by atoms with van der Waals surface area (Å²) in [6, 6.07) is 21.2. The molecule has 1 N–H and O–H groups in total. The zero-order valence-electron chi connectivity index (χ0n) is 18.0. The minimum Gasteiger partial charge on any atom is -0.352 e. The minimum atomic E-state index is -3.48. The molecule has 7 heteroatoms. The fourth-order valence-electron chi connectivity index (χ4n) is 4.60. The summed E-state index contributed by atoms with van der Waals surface area (Å²) in [7, 11) is -3.48. The second-order valence-corrected chi connectivity index (χ2v) is 10.4. The van der Waals surface area contributed by atoms with Gasteiger partial charge < -0.3 is 5.32 Å². The molecule has 1 aliphatic heterocycles. The topological polar surface area (TPSA) is 83.6 Å². The fraction of sp³-hybridized carbons (Fsp3) is 0.231. The Hall–Kier alpha value is -3.29. The van der Waals surface area contributed by atoms with Crippen molar-refractivity contribution < 1.29 is 18.0 Å². The standard InChI is InChI=1S/C26H24N2O4S/c29-25-23-9-5-4-8-21(23)22-11-10-19(16-24(22)25)26(30)27-17-18-12-14-28(15-13-18)33(31,32)20-6-2-1-3-7-20/h1-11,16,18H,12-15,17H2,(H,27,30). The summed E-state index contributed by atoms with van der Waals surface area (Å²) in [5, 5.41) is 2.96. The van der Waals surface area contributed by atoms with Crippen LogP contribution in [0.4, 0.5) is 0 Å². The summed E-state index contributed by atoms with van der Waals surface area (Å²) in [6.45, 7) is 1.34. The number of carbonyl (C=O) groups is 2. The first-order valence-corrected chi connectivity index (χ1v) is 12.5. The van der Waals surface area contributed by atoms with Crippen molar-refractivity contribution in [2.75, 3.05) is 19.6 Å². The van der Waals surface area contributed by atoms with E-state index in [4.69, 9.17) is 0 Å². The lowest BCUT2D eigenvalue weighted by atomic mass is 9.98. The van der Waals surface area contributed by atoms with Crippen LogP contribution in [0.25, 0.3) is 11.1 Å². The average molecular weight is 461 g/mol. The van der Waals surface area contributed by atoms with E-state index in [1.165, 1.54) is 4.31 Å². The van der Waals surface area contributed by atoms with E-state index in [2.05, 4.69) is 5.32 Å². The summed E-state index contributed by atoms with van der Waals surface area (Å²) >= 11 is 0. The maximum absolute atomic E-state index is 12.8. The van der Waals surface area contributed by atoms with Crippen LogP contribution in [0.2, 0.25) is 0 Å². The lowest BCUT2D eigenvalue weighted by Gasteiger charge is -2.31. The number of carbonyl (C=O) groups excluding carboxylic acids is 2. The zero-order valence-corrected chi connectivity index (χ0v) is 18.8. The number of amides is 1. The number of piperidine rings is 1. The van der Waals surface area contributed by atoms with E-state index in [0.717, 1.165) is 11.1 Å². The van der Waals surface area contributed by atoms with E-state index >= 15 is 0 Å². The van der Waals surface area contributed by atoms with Gasteiger partial charge in [0.25, 0.3) is 5.91 Å². The van der Waals surface area contributed by atoms with Crippen LogP contribution in [-0.2, 0) is 10.0 Å². The molecule has 0 unspecified atom stereocenters. The molecule has 0 radical (unpaired) electrons. The number of nitrogens with zero attached hydrogens (tertiary/aromatic N) is 1. The molecule has 3 aromatic rings. The number of benzene rings is 3. The van der Waals surface area contributed by atoms with Crippen LogP contribution in [0.5, 0.6) is 0 Å². The van der Waals surface area contributed by atoms with Crippen LogP contribution < -0.4 is 5.32 Å². The predicted octanol–water partition coefficient (Wildman–Crippen LogP) is 3.73. The van der Waals surface area contributed by atoms with Crippen molar-refractivity contribution in [1.29, 1.82) is 0 Å². The molecule has 3 aromatic carbocycles. The molecular weight excluding hydrogens is 436 g/mol. The Bertz CT molecular complexity index is 1330. The molecule has 1 saturated heterocycles. The molecule has 1 amide bonds. The highest BCUT2D eigenvalue weighted by atomic mass is 32.2. The lowest BCUT2D eigenvalue weighted by molar-refractivity contribution is 0.0941. The molecule has 0 bridgehead atoms. The Kier molecular flexibility index (Phi) is 5.60. The molecule has 1 fully saturated rings. The van der Waals surface area contributed by atoms with Gasteiger partial charge in [0.1, 0.15) is 0 Å².